The molecule has 2 aliphatic carbocycles. The molecule has 0 radical (unpaired) electrons. The first-order valence-corrected chi connectivity index (χ1v) is 8.48. The fraction of sp³-hybridized carbons (Fsp3) is 0.500. The van der Waals surface area contributed by atoms with Gasteiger partial charge in [-0.3, -0.25) is 4.79 Å². The monoisotopic (exact) mass is 328 g/mol. The molecule has 1 fully saturated rings. The van der Waals surface area contributed by atoms with Crippen LogP contribution < -0.4 is 0 Å². The minimum absolute atomic E-state index is 0.150. The first-order valence-electron chi connectivity index (χ1n) is 8.48. The lowest BCUT2D eigenvalue weighted by Gasteiger charge is -2.27. The molecular weight excluding hydrogens is 304 g/mol. The number of fused-ring (bicyclic) bond motifs is 3. The molecule has 0 N–H and O–H groups in total. The summed E-state index contributed by atoms with van der Waals surface area (Å²) in [4.78, 5) is 24.5. The molecule has 3 rings (SSSR count). The van der Waals surface area contributed by atoms with Gasteiger partial charge in [0.2, 0.25) is 0 Å². The smallest absolute Gasteiger partial charge is 0.333 e. The van der Waals surface area contributed by atoms with Gasteiger partial charge in [0.05, 0.1) is 11.8 Å². The van der Waals surface area contributed by atoms with E-state index in [1.165, 1.54) is 5.57 Å². The number of allylic oxidation sites excluding steroid dienone is 4. The van der Waals surface area contributed by atoms with Crippen LogP contribution in [0.3, 0.4) is 0 Å². The lowest BCUT2D eigenvalue weighted by Crippen LogP contribution is -2.35. The zero-order valence-electron chi connectivity index (χ0n) is 14.9. The summed E-state index contributed by atoms with van der Waals surface area (Å²) in [5.41, 5.74) is 5.08. The standard InChI is InChI=1S/C20H24O4/c1-6-10(2)19(21)23-15-9-12(4)14-8-7-11(3)16(14)18-17(15)13(5)20(22)24-18/h6-8,13,15,17-18H,9H2,1-5H3/b10-6-/t13-,15-,17+,18+/m0/s1. The van der Waals surface area contributed by atoms with Gasteiger partial charge in [-0.25, -0.2) is 4.79 Å². The quantitative estimate of drug-likeness (QED) is 0.573. The van der Waals surface area contributed by atoms with Crippen LogP contribution in [0, 0.1) is 11.8 Å². The molecule has 4 atom stereocenters. The van der Waals surface area contributed by atoms with Crippen molar-refractivity contribution in [1.82, 2.24) is 0 Å². The SMILES string of the molecule is C/C=C(/C)C(=O)O[C@H]1CC(C)=C2C=CC(C)=C2[C@H]2OC(=O)[C@@H](C)[C@H]12. The van der Waals surface area contributed by atoms with Crippen molar-refractivity contribution in [2.45, 2.75) is 53.2 Å². The second-order valence-electron chi connectivity index (χ2n) is 6.97. The third-order valence-electron chi connectivity index (χ3n) is 5.45. The molecule has 0 aromatic heterocycles. The molecule has 0 aromatic rings. The Morgan fingerprint density at radius 1 is 1.33 bits per heavy atom. The third-order valence-corrected chi connectivity index (χ3v) is 5.45. The Hall–Kier alpha value is -2.10. The van der Waals surface area contributed by atoms with Crippen molar-refractivity contribution in [1.29, 1.82) is 0 Å². The van der Waals surface area contributed by atoms with Crippen LogP contribution in [0.4, 0.5) is 0 Å². The molecular formula is C20H24O4. The molecule has 1 saturated heterocycles. The molecule has 3 aliphatic rings. The van der Waals surface area contributed by atoms with E-state index in [4.69, 9.17) is 9.47 Å². The summed E-state index contributed by atoms with van der Waals surface area (Å²) in [7, 11) is 0. The maximum atomic E-state index is 12.3. The predicted octanol–water partition coefficient (Wildman–Crippen LogP) is 3.65. The molecule has 24 heavy (non-hydrogen) atoms. The van der Waals surface area contributed by atoms with Gasteiger partial charge >= 0.3 is 11.9 Å². The molecule has 128 valence electrons. The van der Waals surface area contributed by atoms with E-state index >= 15 is 0 Å². The number of ether oxygens (including phenoxy) is 2. The lowest BCUT2D eigenvalue weighted by molar-refractivity contribution is -0.148. The van der Waals surface area contributed by atoms with Crippen molar-refractivity contribution in [2.24, 2.45) is 11.8 Å². The average Bonchev–Trinajstić information content (AvgIpc) is 3.02. The Balaban J connectivity index is 2.02. The molecule has 0 saturated carbocycles. The van der Waals surface area contributed by atoms with E-state index in [0.29, 0.717) is 12.0 Å². The summed E-state index contributed by atoms with van der Waals surface area (Å²) in [6.07, 6.45) is 5.82. The van der Waals surface area contributed by atoms with Gasteiger partial charge in [0, 0.05) is 17.6 Å². The summed E-state index contributed by atoms with van der Waals surface area (Å²) in [6.45, 7) is 9.53. The fourth-order valence-corrected chi connectivity index (χ4v) is 3.87. The van der Waals surface area contributed by atoms with E-state index in [9.17, 15) is 9.59 Å². The van der Waals surface area contributed by atoms with Gasteiger partial charge in [0.25, 0.3) is 0 Å². The molecule has 0 aromatic carbocycles. The van der Waals surface area contributed by atoms with Gasteiger partial charge in [-0.15, -0.1) is 0 Å². The van der Waals surface area contributed by atoms with E-state index in [1.807, 2.05) is 20.8 Å². The van der Waals surface area contributed by atoms with Crippen molar-refractivity contribution in [3.8, 4) is 0 Å². The third kappa shape index (κ3) is 2.54. The Kier molecular flexibility index (Phi) is 4.24. The average molecular weight is 328 g/mol. The Labute approximate surface area is 142 Å². The van der Waals surface area contributed by atoms with Gasteiger partial charge in [0.1, 0.15) is 12.2 Å². The maximum absolute atomic E-state index is 12.3. The Morgan fingerprint density at radius 3 is 2.71 bits per heavy atom. The van der Waals surface area contributed by atoms with E-state index in [1.54, 1.807) is 13.0 Å². The highest BCUT2D eigenvalue weighted by Gasteiger charge is 2.51. The summed E-state index contributed by atoms with van der Waals surface area (Å²) in [5, 5.41) is 0. The highest BCUT2D eigenvalue weighted by Crippen LogP contribution is 2.46. The first kappa shape index (κ1) is 16.7. The molecule has 0 amide bonds. The molecule has 0 spiro atoms. The van der Waals surface area contributed by atoms with Crippen LogP contribution in [-0.2, 0) is 19.1 Å². The summed E-state index contributed by atoms with van der Waals surface area (Å²) in [6, 6.07) is 0. The summed E-state index contributed by atoms with van der Waals surface area (Å²) < 4.78 is 11.5. The van der Waals surface area contributed by atoms with Crippen molar-refractivity contribution in [3.63, 3.8) is 0 Å². The maximum Gasteiger partial charge on any atom is 0.333 e. The highest BCUT2D eigenvalue weighted by molar-refractivity contribution is 5.88. The number of carbonyl (C=O) groups is 2. The van der Waals surface area contributed by atoms with Crippen LogP contribution >= 0.6 is 0 Å². The van der Waals surface area contributed by atoms with E-state index in [0.717, 1.165) is 16.7 Å². The van der Waals surface area contributed by atoms with E-state index < -0.39 is 0 Å². The zero-order chi connectivity index (χ0) is 17.6. The molecule has 0 unspecified atom stereocenters. The number of carbonyl (C=O) groups excluding carboxylic acids is 2. The first-order chi connectivity index (χ1) is 11.3. The normalized spacial score (nSPS) is 32.5. The van der Waals surface area contributed by atoms with E-state index in [-0.39, 0.29) is 36.0 Å². The summed E-state index contributed by atoms with van der Waals surface area (Å²) in [5.74, 6) is -0.964. The highest BCUT2D eigenvalue weighted by atomic mass is 16.6. The Morgan fingerprint density at radius 2 is 2.04 bits per heavy atom. The number of esters is 2. The molecule has 1 aliphatic heterocycles. The predicted molar refractivity (Wildman–Crippen MR) is 91.0 cm³/mol. The van der Waals surface area contributed by atoms with Crippen molar-refractivity contribution in [3.05, 3.63) is 46.1 Å². The van der Waals surface area contributed by atoms with Crippen molar-refractivity contribution < 1.29 is 19.1 Å². The fourth-order valence-electron chi connectivity index (χ4n) is 3.87. The number of hydrogen-bond acceptors (Lipinski definition) is 4. The van der Waals surface area contributed by atoms with Gasteiger partial charge in [0.15, 0.2) is 0 Å². The van der Waals surface area contributed by atoms with Crippen LogP contribution in [0.15, 0.2) is 46.1 Å². The Bertz CT molecular complexity index is 720. The van der Waals surface area contributed by atoms with Gasteiger partial charge in [-0.2, -0.15) is 0 Å². The molecule has 4 heteroatoms. The number of hydrogen-bond donors (Lipinski definition) is 0. The van der Waals surface area contributed by atoms with Gasteiger partial charge < -0.3 is 9.47 Å². The topological polar surface area (TPSA) is 52.6 Å². The second-order valence-corrected chi connectivity index (χ2v) is 6.97. The second kappa shape index (κ2) is 6.08. The van der Waals surface area contributed by atoms with Crippen LogP contribution in [0.2, 0.25) is 0 Å². The van der Waals surface area contributed by atoms with Crippen LogP contribution in [-0.4, -0.2) is 24.1 Å². The molecule has 4 nitrogen and oxygen atoms in total. The lowest BCUT2D eigenvalue weighted by atomic mass is 9.83. The van der Waals surface area contributed by atoms with E-state index in [2.05, 4.69) is 19.1 Å². The minimum atomic E-state index is -0.356. The van der Waals surface area contributed by atoms with Crippen molar-refractivity contribution >= 4 is 11.9 Å². The van der Waals surface area contributed by atoms with Crippen LogP contribution in [0.1, 0.15) is 41.0 Å². The summed E-state index contributed by atoms with van der Waals surface area (Å²) >= 11 is 0. The van der Waals surface area contributed by atoms with Gasteiger partial charge in [-0.05, 0) is 38.8 Å². The molecule has 0 bridgehead atoms. The van der Waals surface area contributed by atoms with Crippen molar-refractivity contribution in [2.75, 3.05) is 0 Å². The van der Waals surface area contributed by atoms with Gasteiger partial charge in [-0.1, -0.05) is 30.7 Å². The minimum Gasteiger partial charge on any atom is -0.458 e. The zero-order valence-corrected chi connectivity index (χ0v) is 14.9. The molecule has 1 heterocycles. The van der Waals surface area contributed by atoms with Crippen LogP contribution in [0.5, 0.6) is 0 Å². The largest absolute Gasteiger partial charge is 0.458 e. The number of rotatable bonds is 2. The van der Waals surface area contributed by atoms with Crippen LogP contribution in [0.25, 0.3) is 0 Å².